The van der Waals surface area contributed by atoms with Gasteiger partial charge < -0.3 is 10.6 Å². The Kier molecular flexibility index (Phi) is 4.25. The molecule has 2 heterocycles. The largest absolute Gasteiger partial charge is 0.373 e. The van der Waals surface area contributed by atoms with Crippen LogP contribution in [0.25, 0.3) is 0 Å². The van der Waals surface area contributed by atoms with Gasteiger partial charge in [0, 0.05) is 44.6 Å². The Bertz CT molecular complexity index is 484. The molecular formula is C14H18N4. The third-order valence-corrected chi connectivity index (χ3v) is 2.95. The molecule has 0 amide bonds. The highest BCUT2D eigenvalue weighted by atomic mass is 15.1. The molecule has 94 valence electrons. The normalized spacial score (nSPS) is 10.3. The molecule has 0 aliphatic rings. The van der Waals surface area contributed by atoms with Gasteiger partial charge in [0.25, 0.3) is 0 Å². The summed E-state index contributed by atoms with van der Waals surface area (Å²) in [5.41, 5.74) is 9.04. The van der Waals surface area contributed by atoms with Crippen LogP contribution >= 0.6 is 0 Å². The van der Waals surface area contributed by atoms with E-state index in [0.717, 1.165) is 29.9 Å². The first-order chi connectivity index (χ1) is 8.81. The minimum atomic E-state index is 0.534. The van der Waals surface area contributed by atoms with Crippen LogP contribution in [0.3, 0.4) is 0 Å². The molecule has 4 heteroatoms. The molecule has 0 aliphatic carbocycles. The first-order valence-corrected chi connectivity index (χ1v) is 6.05. The van der Waals surface area contributed by atoms with Crippen molar-refractivity contribution in [2.24, 2.45) is 5.73 Å². The monoisotopic (exact) mass is 242 g/mol. The van der Waals surface area contributed by atoms with E-state index >= 15 is 0 Å². The Balaban J connectivity index is 2.01. The Labute approximate surface area is 107 Å². The molecule has 0 aromatic carbocycles. The van der Waals surface area contributed by atoms with Gasteiger partial charge in [0.05, 0.1) is 11.9 Å². The van der Waals surface area contributed by atoms with Crippen LogP contribution in [0.15, 0.2) is 42.9 Å². The van der Waals surface area contributed by atoms with E-state index in [2.05, 4.69) is 21.9 Å². The molecule has 4 nitrogen and oxygen atoms in total. The van der Waals surface area contributed by atoms with Gasteiger partial charge in [-0.25, -0.2) is 0 Å². The van der Waals surface area contributed by atoms with Gasteiger partial charge >= 0.3 is 0 Å². The SMILES string of the molecule is CN(CCc1ccccn1)c1cnccc1CN. The Morgan fingerprint density at radius 2 is 2.11 bits per heavy atom. The zero-order chi connectivity index (χ0) is 12.8. The van der Waals surface area contributed by atoms with Crippen LogP contribution in [0.4, 0.5) is 5.69 Å². The van der Waals surface area contributed by atoms with Gasteiger partial charge in [0.15, 0.2) is 0 Å². The Hall–Kier alpha value is -1.94. The molecule has 0 saturated carbocycles. The van der Waals surface area contributed by atoms with Crippen molar-refractivity contribution in [2.75, 3.05) is 18.5 Å². The molecule has 18 heavy (non-hydrogen) atoms. The maximum atomic E-state index is 5.73. The van der Waals surface area contributed by atoms with E-state index in [1.165, 1.54) is 0 Å². The predicted octanol–water partition coefficient (Wildman–Crippen LogP) is 1.61. The summed E-state index contributed by atoms with van der Waals surface area (Å²) in [7, 11) is 2.05. The lowest BCUT2D eigenvalue weighted by Gasteiger charge is -2.21. The first-order valence-electron chi connectivity index (χ1n) is 6.05. The zero-order valence-corrected chi connectivity index (χ0v) is 10.6. The number of rotatable bonds is 5. The summed E-state index contributed by atoms with van der Waals surface area (Å²) in [5.74, 6) is 0. The molecule has 0 spiro atoms. The maximum absolute atomic E-state index is 5.73. The van der Waals surface area contributed by atoms with E-state index < -0.39 is 0 Å². The van der Waals surface area contributed by atoms with Gasteiger partial charge in [0.2, 0.25) is 0 Å². The summed E-state index contributed by atoms with van der Waals surface area (Å²) < 4.78 is 0. The fourth-order valence-corrected chi connectivity index (χ4v) is 1.88. The van der Waals surface area contributed by atoms with Crippen molar-refractivity contribution in [2.45, 2.75) is 13.0 Å². The standard InChI is InChI=1S/C14H18N4/c1-18(9-6-13-4-2-3-7-17-13)14-11-16-8-5-12(14)10-15/h2-5,7-8,11H,6,9-10,15H2,1H3. The number of aromatic nitrogens is 2. The summed E-state index contributed by atoms with van der Waals surface area (Å²) in [4.78, 5) is 10.6. The van der Waals surface area contributed by atoms with Gasteiger partial charge in [0.1, 0.15) is 0 Å². The van der Waals surface area contributed by atoms with Crippen LogP contribution in [0.2, 0.25) is 0 Å². The van der Waals surface area contributed by atoms with Gasteiger partial charge in [-0.2, -0.15) is 0 Å². The van der Waals surface area contributed by atoms with Crippen LogP contribution in [0.5, 0.6) is 0 Å². The van der Waals surface area contributed by atoms with E-state index in [1.54, 1.807) is 6.20 Å². The summed E-state index contributed by atoms with van der Waals surface area (Å²) in [6, 6.07) is 7.95. The molecule has 2 rings (SSSR count). The second-order valence-electron chi connectivity index (χ2n) is 4.20. The second kappa shape index (κ2) is 6.12. The summed E-state index contributed by atoms with van der Waals surface area (Å²) in [6.07, 6.45) is 6.37. The van der Waals surface area contributed by atoms with Crippen molar-refractivity contribution < 1.29 is 0 Å². The summed E-state index contributed by atoms with van der Waals surface area (Å²) in [5, 5.41) is 0. The Morgan fingerprint density at radius 1 is 1.22 bits per heavy atom. The van der Waals surface area contributed by atoms with Crippen molar-refractivity contribution in [3.63, 3.8) is 0 Å². The first kappa shape index (κ1) is 12.5. The van der Waals surface area contributed by atoms with E-state index in [4.69, 9.17) is 5.73 Å². The highest BCUT2D eigenvalue weighted by Crippen LogP contribution is 2.17. The second-order valence-corrected chi connectivity index (χ2v) is 4.20. The smallest absolute Gasteiger partial charge is 0.0595 e. The molecule has 0 bridgehead atoms. The number of likely N-dealkylation sites (N-methyl/N-ethyl adjacent to an activating group) is 1. The average Bonchev–Trinajstić information content (AvgIpc) is 2.45. The quantitative estimate of drug-likeness (QED) is 0.865. The van der Waals surface area contributed by atoms with E-state index in [-0.39, 0.29) is 0 Å². The lowest BCUT2D eigenvalue weighted by molar-refractivity contribution is 0.841. The topological polar surface area (TPSA) is 55.0 Å². The molecule has 0 unspecified atom stereocenters. The van der Waals surface area contributed by atoms with Crippen molar-refractivity contribution in [1.29, 1.82) is 0 Å². The molecule has 2 aromatic rings. The number of nitrogens with two attached hydrogens (primary N) is 1. The minimum Gasteiger partial charge on any atom is -0.373 e. The van der Waals surface area contributed by atoms with Crippen LogP contribution in [-0.2, 0) is 13.0 Å². The lowest BCUT2D eigenvalue weighted by Crippen LogP contribution is -2.22. The number of anilines is 1. The molecule has 2 N–H and O–H groups in total. The molecular weight excluding hydrogens is 224 g/mol. The van der Waals surface area contributed by atoms with Crippen molar-refractivity contribution >= 4 is 5.69 Å². The number of pyridine rings is 2. The number of hydrogen-bond donors (Lipinski definition) is 1. The highest BCUT2D eigenvalue weighted by Gasteiger charge is 2.06. The van der Waals surface area contributed by atoms with Crippen molar-refractivity contribution in [1.82, 2.24) is 9.97 Å². The van der Waals surface area contributed by atoms with Gasteiger partial charge in [-0.15, -0.1) is 0 Å². The van der Waals surface area contributed by atoms with Gasteiger partial charge in [-0.1, -0.05) is 6.07 Å². The summed E-state index contributed by atoms with van der Waals surface area (Å²) in [6.45, 7) is 1.43. The van der Waals surface area contributed by atoms with Gasteiger partial charge in [-0.05, 0) is 23.8 Å². The number of nitrogens with zero attached hydrogens (tertiary/aromatic N) is 3. The average molecular weight is 242 g/mol. The number of hydrogen-bond acceptors (Lipinski definition) is 4. The molecule has 0 radical (unpaired) electrons. The fraction of sp³-hybridized carbons (Fsp3) is 0.286. The van der Waals surface area contributed by atoms with E-state index in [9.17, 15) is 0 Å². The third kappa shape index (κ3) is 3.05. The van der Waals surface area contributed by atoms with Crippen LogP contribution in [0.1, 0.15) is 11.3 Å². The lowest BCUT2D eigenvalue weighted by atomic mass is 10.2. The minimum absolute atomic E-state index is 0.534. The van der Waals surface area contributed by atoms with Crippen LogP contribution < -0.4 is 10.6 Å². The molecule has 2 aromatic heterocycles. The van der Waals surface area contributed by atoms with Crippen LogP contribution in [-0.4, -0.2) is 23.6 Å². The summed E-state index contributed by atoms with van der Waals surface area (Å²) >= 11 is 0. The van der Waals surface area contributed by atoms with Crippen molar-refractivity contribution in [3.05, 3.63) is 54.1 Å². The molecule has 0 atom stereocenters. The predicted molar refractivity (Wildman–Crippen MR) is 73.3 cm³/mol. The zero-order valence-electron chi connectivity index (χ0n) is 10.6. The molecule has 0 fully saturated rings. The van der Waals surface area contributed by atoms with E-state index in [1.807, 2.05) is 36.7 Å². The Morgan fingerprint density at radius 3 is 2.83 bits per heavy atom. The van der Waals surface area contributed by atoms with E-state index in [0.29, 0.717) is 6.54 Å². The van der Waals surface area contributed by atoms with Gasteiger partial charge in [-0.3, -0.25) is 9.97 Å². The molecule has 0 aliphatic heterocycles. The fourth-order valence-electron chi connectivity index (χ4n) is 1.88. The third-order valence-electron chi connectivity index (χ3n) is 2.95. The van der Waals surface area contributed by atoms with Crippen molar-refractivity contribution in [3.8, 4) is 0 Å². The highest BCUT2D eigenvalue weighted by molar-refractivity contribution is 5.50. The van der Waals surface area contributed by atoms with Crippen LogP contribution in [0, 0.1) is 0 Å². The molecule has 0 saturated heterocycles. The maximum Gasteiger partial charge on any atom is 0.0595 e.